The molecule has 0 aliphatic carbocycles. The predicted octanol–water partition coefficient (Wildman–Crippen LogP) is 1.94. The molecule has 108 valence electrons. The van der Waals surface area contributed by atoms with Crippen LogP contribution in [0.5, 0.6) is 0 Å². The fourth-order valence-electron chi connectivity index (χ4n) is 2.26. The summed E-state index contributed by atoms with van der Waals surface area (Å²) in [5.41, 5.74) is 5.64. The summed E-state index contributed by atoms with van der Waals surface area (Å²) in [4.78, 5) is 1.33. The lowest BCUT2D eigenvalue weighted by molar-refractivity contribution is 0.393. The number of rotatable bonds is 4. The molecule has 19 heavy (non-hydrogen) atoms. The second kappa shape index (κ2) is 6.95. The van der Waals surface area contributed by atoms with Gasteiger partial charge in [0.25, 0.3) is 0 Å². The number of sulfonamides is 1. The normalized spacial score (nSPS) is 20.2. The fraction of sp³-hybridized carbons (Fsp3) is 0.500. The molecule has 1 aliphatic heterocycles. The van der Waals surface area contributed by atoms with Gasteiger partial charge in [0, 0.05) is 24.0 Å². The van der Waals surface area contributed by atoms with Crippen molar-refractivity contribution in [2.75, 3.05) is 19.3 Å². The number of hydrogen-bond donors (Lipinski definition) is 1. The zero-order chi connectivity index (χ0) is 13.2. The van der Waals surface area contributed by atoms with E-state index in [-0.39, 0.29) is 18.4 Å². The fourth-order valence-corrected chi connectivity index (χ4v) is 4.54. The number of benzene rings is 1. The molecule has 2 N–H and O–H groups in total. The maximum absolute atomic E-state index is 12.5. The summed E-state index contributed by atoms with van der Waals surface area (Å²) in [6.45, 7) is 0.967. The van der Waals surface area contributed by atoms with Crippen LogP contribution in [0.3, 0.4) is 0 Å². The Morgan fingerprint density at radius 1 is 1.47 bits per heavy atom. The van der Waals surface area contributed by atoms with Gasteiger partial charge in [0.15, 0.2) is 0 Å². The molecule has 0 aromatic heterocycles. The highest BCUT2D eigenvalue weighted by atomic mass is 35.5. The number of halogens is 1. The Bertz CT molecular complexity index is 522. The van der Waals surface area contributed by atoms with Crippen molar-refractivity contribution in [2.45, 2.75) is 28.7 Å². The van der Waals surface area contributed by atoms with Crippen LogP contribution in [-0.4, -0.2) is 38.1 Å². The second-order valence-corrected chi connectivity index (χ2v) is 7.10. The van der Waals surface area contributed by atoms with Crippen molar-refractivity contribution in [3.05, 3.63) is 24.3 Å². The van der Waals surface area contributed by atoms with Gasteiger partial charge >= 0.3 is 0 Å². The van der Waals surface area contributed by atoms with Crippen LogP contribution in [0.15, 0.2) is 34.1 Å². The Hall–Kier alpha value is -0.270. The van der Waals surface area contributed by atoms with E-state index in [9.17, 15) is 8.42 Å². The highest BCUT2D eigenvalue weighted by molar-refractivity contribution is 7.98. The van der Waals surface area contributed by atoms with E-state index in [0.29, 0.717) is 18.0 Å². The minimum absolute atomic E-state index is 0. The summed E-state index contributed by atoms with van der Waals surface area (Å²) < 4.78 is 26.6. The van der Waals surface area contributed by atoms with Gasteiger partial charge in [-0.15, -0.1) is 24.2 Å². The van der Waals surface area contributed by atoms with E-state index in [2.05, 4.69) is 0 Å². The first kappa shape index (κ1) is 16.8. The van der Waals surface area contributed by atoms with Crippen molar-refractivity contribution >= 4 is 34.2 Å². The molecule has 1 heterocycles. The molecule has 0 spiro atoms. The van der Waals surface area contributed by atoms with Gasteiger partial charge in [-0.1, -0.05) is 6.07 Å². The topological polar surface area (TPSA) is 63.4 Å². The molecule has 4 nitrogen and oxygen atoms in total. The number of nitrogens with two attached hydrogens (primary N) is 1. The van der Waals surface area contributed by atoms with Crippen molar-refractivity contribution in [3.8, 4) is 0 Å². The Morgan fingerprint density at radius 3 is 2.84 bits per heavy atom. The summed E-state index contributed by atoms with van der Waals surface area (Å²) in [7, 11) is -3.39. The zero-order valence-corrected chi connectivity index (χ0v) is 13.2. The molecule has 1 saturated heterocycles. The van der Waals surface area contributed by atoms with Gasteiger partial charge in [-0.25, -0.2) is 8.42 Å². The summed E-state index contributed by atoms with van der Waals surface area (Å²) in [5.74, 6) is 0. The van der Waals surface area contributed by atoms with Gasteiger partial charge in [0.2, 0.25) is 10.0 Å². The van der Waals surface area contributed by atoms with Gasteiger partial charge in [-0.2, -0.15) is 4.31 Å². The van der Waals surface area contributed by atoms with Crippen LogP contribution in [0, 0.1) is 0 Å². The van der Waals surface area contributed by atoms with Crippen LogP contribution in [-0.2, 0) is 10.0 Å². The lowest BCUT2D eigenvalue weighted by atomic mass is 10.2. The second-order valence-electron chi connectivity index (χ2n) is 4.33. The average molecular weight is 323 g/mol. The Kier molecular flexibility index (Phi) is 6.14. The van der Waals surface area contributed by atoms with Crippen molar-refractivity contribution in [3.63, 3.8) is 0 Å². The summed E-state index contributed by atoms with van der Waals surface area (Å²) in [6, 6.07) is 7.03. The Labute approximate surface area is 125 Å². The van der Waals surface area contributed by atoms with E-state index in [4.69, 9.17) is 5.73 Å². The molecular weight excluding hydrogens is 304 g/mol. The predicted molar refractivity (Wildman–Crippen MR) is 81.4 cm³/mol. The van der Waals surface area contributed by atoms with Gasteiger partial charge < -0.3 is 5.73 Å². The molecular formula is C12H19ClN2O2S2. The highest BCUT2D eigenvalue weighted by Gasteiger charge is 2.34. The van der Waals surface area contributed by atoms with Crippen LogP contribution in [0.4, 0.5) is 0 Å². The third kappa shape index (κ3) is 3.44. The molecule has 1 unspecified atom stereocenters. The lowest BCUT2D eigenvalue weighted by Crippen LogP contribution is -2.39. The maximum Gasteiger partial charge on any atom is 0.243 e. The van der Waals surface area contributed by atoms with Crippen LogP contribution < -0.4 is 5.73 Å². The first-order valence-corrected chi connectivity index (χ1v) is 8.62. The number of hydrogen-bond acceptors (Lipinski definition) is 4. The van der Waals surface area contributed by atoms with E-state index in [1.807, 2.05) is 12.3 Å². The minimum Gasteiger partial charge on any atom is -0.329 e. The molecule has 1 aliphatic rings. The summed E-state index contributed by atoms with van der Waals surface area (Å²) in [5, 5.41) is 0. The Balaban J connectivity index is 0.00000180. The first-order chi connectivity index (χ1) is 8.59. The molecule has 0 amide bonds. The van der Waals surface area contributed by atoms with Crippen LogP contribution in [0.1, 0.15) is 12.8 Å². The lowest BCUT2D eigenvalue weighted by Gasteiger charge is -2.23. The van der Waals surface area contributed by atoms with Gasteiger partial charge in [0.1, 0.15) is 0 Å². The quantitative estimate of drug-likeness (QED) is 0.860. The van der Waals surface area contributed by atoms with Crippen LogP contribution in [0.2, 0.25) is 0 Å². The van der Waals surface area contributed by atoms with Crippen molar-refractivity contribution in [1.82, 2.24) is 4.31 Å². The third-order valence-corrected chi connectivity index (χ3v) is 5.92. The van der Waals surface area contributed by atoms with E-state index in [1.54, 1.807) is 34.3 Å². The first-order valence-electron chi connectivity index (χ1n) is 5.95. The van der Waals surface area contributed by atoms with Crippen molar-refractivity contribution in [1.29, 1.82) is 0 Å². The van der Waals surface area contributed by atoms with E-state index in [1.165, 1.54) is 0 Å². The molecule has 1 atom stereocenters. The molecule has 0 bridgehead atoms. The van der Waals surface area contributed by atoms with Crippen molar-refractivity contribution in [2.24, 2.45) is 5.73 Å². The SMILES string of the molecule is CSc1cccc(S(=O)(=O)N2CCCC2CN)c1.Cl. The number of nitrogens with zero attached hydrogens (tertiary/aromatic N) is 1. The molecule has 1 aromatic rings. The largest absolute Gasteiger partial charge is 0.329 e. The van der Waals surface area contributed by atoms with Gasteiger partial charge in [0.05, 0.1) is 4.90 Å². The van der Waals surface area contributed by atoms with E-state index in [0.717, 1.165) is 17.7 Å². The standard InChI is InChI=1S/C12H18N2O2S2.ClH/c1-17-11-5-2-6-12(8-11)18(15,16)14-7-3-4-10(14)9-13;/h2,5-6,8,10H,3-4,7,9,13H2,1H3;1H. The monoisotopic (exact) mass is 322 g/mol. The molecule has 0 radical (unpaired) electrons. The van der Waals surface area contributed by atoms with Gasteiger partial charge in [-0.05, 0) is 37.3 Å². The van der Waals surface area contributed by atoms with Crippen LogP contribution >= 0.6 is 24.2 Å². The molecule has 1 aromatic carbocycles. The Morgan fingerprint density at radius 2 is 2.21 bits per heavy atom. The average Bonchev–Trinajstić information content (AvgIpc) is 2.88. The maximum atomic E-state index is 12.5. The molecule has 0 saturated carbocycles. The van der Waals surface area contributed by atoms with E-state index < -0.39 is 10.0 Å². The van der Waals surface area contributed by atoms with Crippen molar-refractivity contribution < 1.29 is 8.42 Å². The highest BCUT2D eigenvalue weighted by Crippen LogP contribution is 2.27. The smallest absolute Gasteiger partial charge is 0.243 e. The molecule has 7 heteroatoms. The minimum atomic E-state index is -3.39. The molecule has 2 rings (SSSR count). The van der Waals surface area contributed by atoms with Gasteiger partial charge in [-0.3, -0.25) is 0 Å². The van der Waals surface area contributed by atoms with E-state index >= 15 is 0 Å². The zero-order valence-electron chi connectivity index (χ0n) is 10.8. The molecule has 1 fully saturated rings. The summed E-state index contributed by atoms with van der Waals surface area (Å²) >= 11 is 1.54. The summed E-state index contributed by atoms with van der Waals surface area (Å²) in [6.07, 6.45) is 3.69. The van der Waals surface area contributed by atoms with Crippen LogP contribution in [0.25, 0.3) is 0 Å². The number of thioether (sulfide) groups is 1. The third-order valence-electron chi connectivity index (χ3n) is 3.24.